The van der Waals surface area contributed by atoms with Crippen molar-refractivity contribution in [1.82, 2.24) is 9.88 Å². The Bertz CT molecular complexity index is 627. The maximum Gasteiger partial charge on any atom is 0.417 e. The number of amides is 1. The highest BCUT2D eigenvalue weighted by atomic mass is 19.4. The molecule has 4 nitrogen and oxygen atoms in total. The fourth-order valence-corrected chi connectivity index (χ4v) is 2.91. The van der Waals surface area contributed by atoms with Crippen molar-refractivity contribution in [3.8, 4) is 0 Å². The molecule has 0 radical (unpaired) electrons. The quantitative estimate of drug-likeness (QED) is 0.806. The van der Waals surface area contributed by atoms with Crippen molar-refractivity contribution in [1.29, 1.82) is 0 Å². The average Bonchev–Trinajstić information content (AvgIpc) is 2.91. The van der Waals surface area contributed by atoms with E-state index in [0.717, 1.165) is 12.3 Å². The molecule has 2 heterocycles. The first-order valence-corrected chi connectivity index (χ1v) is 7.12. The Balaban J connectivity index is 1.78. The Morgan fingerprint density at radius 1 is 1.36 bits per heavy atom. The number of nitrogens with zero attached hydrogens (tertiary/aromatic N) is 2. The molecule has 2 N–H and O–H groups in total. The molecule has 3 rings (SSSR count). The van der Waals surface area contributed by atoms with Crippen LogP contribution in [0.2, 0.25) is 0 Å². The number of fused-ring (bicyclic) bond motifs is 1. The van der Waals surface area contributed by atoms with E-state index in [9.17, 15) is 18.0 Å². The third-order valence-corrected chi connectivity index (χ3v) is 4.11. The largest absolute Gasteiger partial charge is 0.417 e. The van der Waals surface area contributed by atoms with Crippen LogP contribution in [0.1, 0.15) is 23.2 Å². The van der Waals surface area contributed by atoms with E-state index in [-0.39, 0.29) is 24.4 Å². The summed E-state index contributed by atoms with van der Waals surface area (Å²) in [7, 11) is 0. The molecule has 0 saturated carbocycles. The van der Waals surface area contributed by atoms with Crippen LogP contribution in [-0.4, -0.2) is 28.4 Å². The first-order valence-electron chi connectivity index (χ1n) is 7.12. The van der Waals surface area contributed by atoms with Crippen molar-refractivity contribution in [3.05, 3.63) is 41.2 Å². The number of hydrogen-bond donors (Lipinski definition) is 1. The summed E-state index contributed by atoms with van der Waals surface area (Å²) in [5.41, 5.74) is 6.08. The SMILES string of the molecule is NC1C=CC(C(=O)N2CCc3ncc(C(F)(F)F)cc3C2)C1. The summed E-state index contributed by atoms with van der Waals surface area (Å²) in [6, 6.07) is 0.974. The van der Waals surface area contributed by atoms with E-state index in [1.165, 1.54) is 0 Å². The summed E-state index contributed by atoms with van der Waals surface area (Å²) >= 11 is 0. The molecule has 2 atom stereocenters. The van der Waals surface area contributed by atoms with Crippen molar-refractivity contribution in [2.24, 2.45) is 11.7 Å². The fraction of sp³-hybridized carbons (Fsp3) is 0.467. The number of aromatic nitrogens is 1. The van der Waals surface area contributed by atoms with Crippen molar-refractivity contribution < 1.29 is 18.0 Å². The summed E-state index contributed by atoms with van der Waals surface area (Å²) in [5, 5.41) is 0. The second-order valence-electron chi connectivity index (χ2n) is 5.73. The Morgan fingerprint density at radius 3 is 2.77 bits per heavy atom. The van der Waals surface area contributed by atoms with Gasteiger partial charge in [-0.05, 0) is 18.1 Å². The summed E-state index contributed by atoms with van der Waals surface area (Å²) < 4.78 is 38.3. The fourth-order valence-electron chi connectivity index (χ4n) is 2.91. The van der Waals surface area contributed by atoms with Crippen LogP contribution in [0.5, 0.6) is 0 Å². The normalized spacial score (nSPS) is 24.5. The highest BCUT2D eigenvalue weighted by Crippen LogP contribution is 2.31. The van der Waals surface area contributed by atoms with Gasteiger partial charge in [0.2, 0.25) is 5.91 Å². The van der Waals surface area contributed by atoms with E-state index in [2.05, 4.69) is 4.98 Å². The Morgan fingerprint density at radius 2 is 2.14 bits per heavy atom. The molecular weight excluding hydrogens is 295 g/mol. The van der Waals surface area contributed by atoms with E-state index in [4.69, 9.17) is 5.73 Å². The van der Waals surface area contributed by atoms with Crippen molar-refractivity contribution >= 4 is 5.91 Å². The van der Waals surface area contributed by atoms with E-state index < -0.39 is 11.7 Å². The molecule has 7 heteroatoms. The van der Waals surface area contributed by atoms with Crippen LogP contribution < -0.4 is 5.73 Å². The predicted molar refractivity (Wildman–Crippen MR) is 73.6 cm³/mol. The Hall–Kier alpha value is -1.89. The molecule has 2 aliphatic rings. The number of hydrogen-bond acceptors (Lipinski definition) is 3. The second-order valence-corrected chi connectivity index (χ2v) is 5.73. The Labute approximate surface area is 125 Å². The average molecular weight is 311 g/mol. The third-order valence-electron chi connectivity index (χ3n) is 4.11. The minimum atomic E-state index is -4.42. The summed E-state index contributed by atoms with van der Waals surface area (Å²) in [5.74, 6) is -0.345. The smallest absolute Gasteiger partial charge is 0.337 e. The number of carbonyl (C=O) groups is 1. The van der Waals surface area contributed by atoms with Crippen molar-refractivity contribution in [3.63, 3.8) is 0 Å². The van der Waals surface area contributed by atoms with Crippen molar-refractivity contribution in [2.45, 2.75) is 31.6 Å². The van der Waals surface area contributed by atoms with Gasteiger partial charge in [-0.2, -0.15) is 13.2 Å². The number of alkyl halides is 3. The third kappa shape index (κ3) is 2.85. The molecule has 1 aliphatic carbocycles. The van der Waals surface area contributed by atoms with Gasteiger partial charge in [-0.15, -0.1) is 0 Å². The molecule has 1 aromatic heterocycles. The summed E-state index contributed by atoms with van der Waals surface area (Å²) in [6.45, 7) is 0.647. The molecule has 0 saturated heterocycles. The topological polar surface area (TPSA) is 59.2 Å². The minimum Gasteiger partial charge on any atom is -0.337 e. The molecule has 0 fully saturated rings. The monoisotopic (exact) mass is 311 g/mol. The molecule has 1 amide bonds. The molecule has 0 aromatic carbocycles. The number of pyridine rings is 1. The zero-order valence-corrected chi connectivity index (χ0v) is 11.8. The molecular formula is C15H16F3N3O. The Kier molecular flexibility index (Phi) is 3.68. The van der Waals surface area contributed by atoms with Gasteiger partial charge in [-0.25, -0.2) is 0 Å². The first kappa shape index (κ1) is 15.0. The lowest BCUT2D eigenvalue weighted by molar-refractivity contribution is -0.137. The maximum atomic E-state index is 12.8. The van der Waals surface area contributed by atoms with E-state index >= 15 is 0 Å². The van der Waals surface area contributed by atoms with Crippen molar-refractivity contribution in [2.75, 3.05) is 6.54 Å². The van der Waals surface area contributed by atoms with E-state index in [1.807, 2.05) is 0 Å². The van der Waals surface area contributed by atoms with Gasteiger partial charge in [0.1, 0.15) is 0 Å². The number of halogens is 3. The zero-order valence-electron chi connectivity index (χ0n) is 11.8. The van der Waals surface area contributed by atoms with Gasteiger partial charge >= 0.3 is 6.18 Å². The van der Waals surface area contributed by atoms with Gasteiger partial charge < -0.3 is 10.6 Å². The van der Waals surface area contributed by atoms with Crippen LogP contribution in [-0.2, 0) is 23.9 Å². The van der Waals surface area contributed by atoms with Crippen LogP contribution in [0.15, 0.2) is 24.4 Å². The van der Waals surface area contributed by atoms with Gasteiger partial charge in [0.25, 0.3) is 0 Å². The van der Waals surface area contributed by atoms with Crippen LogP contribution in [0.4, 0.5) is 13.2 Å². The lowest BCUT2D eigenvalue weighted by Crippen LogP contribution is -2.40. The summed E-state index contributed by atoms with van der Waals surface area (Å²) in [4.78, 5) is 17.9. The standard InChI is InChI=1S/C15H16F3N3O/c16-15(17,18)11-5-10-8-21(4-3-13(10)20-7-11)14(22)9-1-2-12(19)6-9/h1-2,5,7,9,12H,3-4,6,8,19H2. The lowest BCUT2D eigenvalue weighted by Gasteiger charge is -2.30. The van der Waals surface area contributed by atoms with Crippen LogP contribution in [0, 0.1) is 5.92 Å². The first-order chi connectivity index (χ1) is 10.3. The van der Waals surface area contributed by atoms with Gasteiger partial charge in [-0.3, -0.25) is 9.78 Å². The molecule has 2 unspecified atom stereocenters. The highest BCUT2D eigenvalue weighted by molar-refractivity contribution is 5.81. The molecule has 22 heavy (non-hydrogen) atoms. The van der Waals surface area contributed by atoms with Crippen LogP contribution in [0.3, 0.4) is 0 Å². The maximum absolute atomic E-state index is 12.8. The van der Waals surface area contributed by atoms with Gasteiger partial charge in [0, 0.05) is 37.4 Å². The molecule has 1 aromatic rings. The van der Waals surface area contributed by atoms with Gasteiger partial charge in [0.05, 0.1) is 11.5 Å². The summed E-state index contributed by atoms with van der Waals surface area (Å²) in [6.07, 6.45) is 1.05. The van der Waals surface area contributed by atoms with Crippen LogP contribution in [0.25, 0.3) is 0 Å². The highest BCUT2D eigenvalue weighted by Gasteiger charge is 2.34. The minimum absolute atomic E-state index is 0.0766. The van der Waals surface area contributed by atoms with E-state index in [0.29, 0.717) is 30.6 Å². The van der Waals surface area contributed by atoms with Gasteiger partial charge in [0.15, 0.2) is 0 Å². The second kappa shape index (κ2) is 5.39. The zero-order chi connectivity index (χ0) is 15.9. The molecule has 0 spiro atoms. The molecule has 1 aliphatic heterocycles. The molecule has 0 bridgehead atoms. The number of rotatable bonds is 1. The predicted octanol–water partition coefficient (Wildman–Crippen LogP) is 1.89. The number of carbonyl (C=O) groups excluding carboxylic acids is 1. The van der Waals surface area contributed by atoms with Crippen LogP contribution >= 0.6 is 0 Å². The lowest BCUT2D eigenvalue weighted by atomic mass is 10.0. The van der Waals surface area contributed by atoms with E-state index in [1.54, 1.807) is 17.1 Å². The number of nitrogens with two attached hydrogens (primary N) is 1. The van der Waals surface area contributed by atoms with Gasteiger partial charge in [-0.1, -0.05) is 12.2 Å². The molecule has 118 valence electrons.